The summed E-state index contributed by atoms with van der Waals surface area (Å²) in [6.07, 6.45) is 0. The Morgan fingerprint density at radius 3 is 2.63 bits per heavy atom. The molecule has 1 aromatic carbocycles. The third kappa shape index (κ3) is 2.08. The molecule has 2 aliphatic heterocycles. The van der Waals surface area contributed by atoms with Crippen LogP contribution in [0.4, 0.5) is 5.69 Å². The normalized spacial score (nSPS) is 21.8. The van der Waals surface area contributed by atoms with E-state index < -0.39 is 10.0 Å². The van der Waals surface area contributed by atoms with Crippen molar-refractivity contribution in [1.82, 2.24) is 10.2 Å². The van der Waals surface area contributed by atoms with Gasteiger partial charge in [-0.15, -0.1) is 4.40 Å². The molecule has 1 N–H and O–H groups in total. The van der Waals surface area contributed by atoms with E-state index in [1.54, 1.807) is 12.1 Å². The number of nitrogens with zero attached hydrogens (tertiary/aromatic N) is 3. The van der Waals surface area contributed by atoms with Gasteiger partial charge in [-0.25, -0.2) is 0 Å². The second-order valence-electron chi connectivity index (χ2n) is 4.63. The summed E-state index contributed by atoms with van der Waals surface area (Å²) in [6, 6.07) is 6.96. The first-order valence-electron chi connectivity index (χ1n) is 6.23. The van der Waals surface area contributed by atoms with Crippen LogP contribution in [0.15, 0.2) is 33.6 Å². The molecule has 1 aromatic rings. The summed E-state index contributed by atoms with van der Waals surface area (Å²) < 4.78 is 28.4. The molecule has 1 saturated heterocycles. The molecule has 0 saturated carbocycles. The summed E-state index contributed by atoms with van der Waals surface area (Å²) in [5.41, 5.74) is 0.686. The van der Waals surface area contributed by atoms with Crippen molar-refractivity contribution in [2.75, 3.05) is 38.1 Å². The number of hydrogen-bond donors (Lipinski definition) is 1. The fourth-order valence-corrected chi connectivity index (χ4v) is 3.68. The van der Waals surface area contributed by atoms with Gasteiger partial charge < -0.3 is 15.1 Å². The monoisotopic (exact) mass is 280 g/mol. The third-order valence-corrected chi connectivity index (χ3v) is 4.71. The fraction of sp³-hybridized carbons (Fsp3) is 0.417. The van der Waals surface area contributed by atoms with Crippen LogP contribution in [0.1, 0.15) is 0 Å². The van der Waals surface area contributed by atoms with E-state index >= 15 is 0 Å². The number of guanidine groups is 1. The molecule has 0 spiro atoms. The van der Waals surface area contributed by atoms with Crippen molar-refractivity contribution in [2.24, 2.45) is 4.40 Å². The molecule has 7 heteroatoms. The summed E-state index contributed by atoms with van der Waals surface area (Å²) in [5, 5.41) is 3.24. The van der Waals surface area contributed by atoms with Gasteiger partial charge in [-0.2, -0.15) is 8.42 Å². The molecule has 0 aliphatic carbocycles. The van der Waals surface area contributed by atoms with Crippen LogP contribution in [-0.4, -0.2) is 52.5 Å². The van der Waals surface area contributed by atoms with E-state index in [0.717, 1.165) is 26.2 Å². The predicted octanol–water partition coefficient (Wildman–Crippen LogP) is 0.0863. The first-order chi connectivity index (χ1) is 9.09. The van der Waals surface area contributed by atoms with Crippen LogP contribution in [0.3, 0.4) is 0 Å². The molecule has 0 radical (unpaired) electrons. The van der Waals surface area contributed by atoms with E-state index in [2.05, 4.69) is 9.71 Å². The van der Waals surface area contributed by atoms with Gasteiger partial charge in [-0.3, -0.25) is 0 Å². The lowest BCUT2D eigenvalue weighted by Crippen LogP contribution is -2.52. The molecule has 0 amide bonds. The standard InChI is InChI=1S/C12H16N4O2S/c1-15-10-4-2-3-5-11(10)19(17,18)14-12(15)16-8-6-13-7-9-16/h2-5,13H,6-9H2,1H3. The van der Waals surface area contributed by atoms with E-state index in [4.69, 9.17) is 0 Å². The lowest BCUT2D eigenvalue weighted by Gasteiger charge is -2.36. The smallest absolute Gasteiger partial charge is 0.287 e. The maximum absolute atomic E-state index is 12.2. The summed E-state index contributed by atoms with van der Waals surface area (Å²) >= 11 is 0. The number of anilines is 1. The van der Waals surface area contributed by atoms with Crippen molar-refractivity contribution in [3.63, 3.8) is 0 Å². The van der Waals surface area contributed by atoms with Crippen LogP contribution in [-0.2, 0) is 10.0 Å². The van der Waals surface area contributed by atoms with Crippen molar-refractivity contribution < 1.29 is 8.42 Å². The van der Waals surface area contributed by atoms with Crippen LogP contribution >= 0.6 is 0 Å². The maximum Gasteiger partial charge on any atom is 0.287 e. The first-order valence-corrected chi connectivity index (χ1v) is 7.67. The van der Waals surface area contributed by atoms with Crippen LogP contribution in [0, 0.1) is 0 Å². The van der Waals surface area contributed by atoms with Crippen molar-refractivity contribution in [2.45, 2.75) is 4.90 Å². The molecule has 19 heavy (non-hydrogen) atoms. The Kier molecular flexibility index (Phi) is 2.94. The lowest BCUT2D eigenvalue weighted by molar-refractivity contribution is 0.353. The van der Waals surface area contributed by atoms with E-state index in [0.29, 0.717) is 11.6 Å². The second kappa shape index (κ2) is 4.50. The predicted molar refractivity (Wildman–Crippen MR) is 73.9 cm³/mol. The molecule has 0 bridgehead atoms. The Morgan fingerprint density at radius 1 is 1.21 bits per heavy atom. The SMILES string of the molecule is CN1C(N2CCNCC2)=NS(=O)(=O)c2ccccc21. The molecule has 0 atom stereocenters. The summed E-state index contributed by atoms with van der Waals surface area (Å²) in [4.78, 5) is 4.13. The number of para-hydroxylation sites is 1. The lowest BCUT2D eigenvalue weighted by atomic mass is 10.3. The highest BCUT2D eigenvalue weighted by atomic mass is 32.2. The topological polar surface area (TPSA) is 65.0 Å². The van der Waals surface area contributed by atoms with Gasteiger partial charge in [-0.05, 0) is 12.1 Å². The quantitative estimate of drug-likeness (QED) is 0.729. The van der Waals surface area contributed by atoms with Crippen LogP contribution in [0.5, 0.6) is 0 Å². The van der Waals surface area contributed by atoms with E-state index in [1.807, 2.05) is 29.0 Å². The Labute approximate surface area is 112 Å². The highest BCUT2D eigenvalue weighted by Gasteiger charge is 2.31. The van der Waals surface area contributed by atoms with Gasteiger partial charge in [0.15, 0.2) is 0 Å². The van der Waals surface area contributed by atoms with Gasteiger partial charge in [0.2, 0.25) is 5.96 Å². The Hall–Kier alpha value is -1.60. The molecule has 6 nitrogen and oxygen atoms in total. The molecule has 0 aromatic heterocycles. The maximum atomic E-state index is 12.2. The Balaban J connectivity index is 2.06. The van der Waals surface area contributed by atoms with Crippen molar-refractivity contribution in [3.05, 3.63) is 24.3 Å². The number of nitrogens with one attached hydrogen (secondary N) is 1. The molecule has 2 aliphatic rings. The summed E-state index contributed by atoms with van der Waals surface area (Å²) in [6.45, 7) is 3.21. The Bertz CT molecular complexity index is 620. The molecule has 2 heterocycles. The van der Waals surface area contributed by atoms with Gasteiger partial charge in [0.1, 0.15) is 4.90 Å². The number of benzene rings is 1. The van der Waals surface area contributed by atoms with E-state index in [-0.39, 0.29) is 4.90 Å². The second-order valence-corrected chi connectivity index (χ2v) is 6.20. The van der Waals surface area contributed by atoms with Crippen molar-refractivity contribution >= 4 is 21.7 Å². The molecule has 0 unspecified atom stereocenters. The minimum atomic E-state index is -3.59. The van der Waals surface area contributed by atoms with Crippen molar-refractivity contribution in [3.8, 4) is 0 Å². The zero-order valence-electron chi connectivity index (χ0n) is 10.7. The zero-order valence-corrected chi connectivity index (χ0v) is 11.5. The van der Waals surface area contributed by atoms with Gasteiger partial charge in [0.25, 0.3) is 10.0 Å². The molecule has 1 fully saturated rings. The average Bonchev–Trinajstić information content (AvgIpc) is 2.44. The highest BCUT2D eigenvalue weighted by Crippen LogP contribution is 2.30. The molecule has 102 valence electrons. The molecular formula is C12H16N4O2S. The fourth-order valence-electron chi connectivity index (χ4n) is 2.41. The highest BCUT2D eigenvalue weighted by molar-refractivity contribution is 7.90. The number of hydrogen-bond acceptors (Lipinski definition) is 5. The van der Waals surface area contributed by atoms with Gasteiger partial charge in [-0.1, -0.05) is 12.1 Å². The van der Waals surface area contributed by atoms with Crippen molar-refractivity contribution in [1.29, 1.82) is 0 Å². The minimum absolute atomic E-state index is 0.274. The number of piperazine rings is 1. The number of sulfonamides is 1. The summed E-state index contributed by atoms with van der Waals surface area (Å²) in [7, 11) is -1.73. The van der Waals surface area contributed by atoms with Gasteiger partial charge in [0.05, 0.1) is 5.69 Å². The largest absolute Gasteiger partial charge is 0.339 e. The van der Waals surface area contributed by atoms with E-state index in [1.165, 1.54) is 0 Å². The minimum Gasteiger partial charge on any atom is -0.339 e. The van der Waals surface area contributed by atoms with Gasteiger partial charge >= 0.3 is 0 Å². The Morgan fingerprint density at radius 2 is 1.89 bits per heavy atom. The van der Waals surface area contributed by atoms with Crippen LogP contribution in [0.25, 0.3) is 0 Å². The zero-order chi connectivity index (χ0) is 13.5. The number of rotatable bonds is 0. The van der Waals surface area contributed by atoms with E-state index in [9.17, 15) is 8.42 Å². The van der Waals surface area contributed by atoms with Crippen LogP contribution in [0.2, 0.25) is 0 Å². The molecule has 3 rings (SSSR count). The summed E-state index contributed by atoms with van der Waals surface area (Å²) in [5.74, 6) is 0.514. The molecular weight excluding hydrogens is 264 g/mol. The third-order valence-electron chi connectivity index (χ3n) is 3.41. The number of fused-ring (bicyclic) bond motifs is 1. The van der Waals surface area contributed by atoms with Crippen LogP contribution < -0.4 is 10.2 Å². The average molecular weight is 280 g/mol. The first kappa shape index (κ1) is 12.4. The van der Waals surface area contributed by atoms with Gasteiger partial charge in [0, 0.05) is 33.2 Å².